The van der Waals surface area contributed by atoms with Gasteiger partial charge in [-0.15, -0.1) is 0 Å². The number of aryl methyl sites for hydroxylation is 2. The molecular weight excluding hydrogens is 506 g/mol. The van der Waals surface area contributed by atoms with Crippen LogP contribution in [-0.4, -0.2) is 53.5 Å². The van der Waals surface area contributed by atoms with Gasteiger partial charge < -0.3 is 15.4 Å². The summed E-state index contributed by atoms with van der Waals surface area (Å²) < 4.78 is 7.40. The lowest BCUT2D eigenvalue weighted by molar-refractivity contribution is -0.148. The minimum absolute atomic E-state index is 0.122. The van der Waals surface area contributed by atoms with Gasteiger partial charge in [-0.3, -0.25) is 9.89 Å². The van der Waals surface area contributed by atoms with Gasteiger partial charge in [-0.1, -0.05) is 17.7 Å². The molecule has 38 heavy (non-hydrogen) atoms. The number of aromatic nitrogens is 7. The Hall–Kier alpha value is -3.83. The van der Waals surface area contributed by atoms with Crippen molar-refractivity contribution >= 4 is 29.1 Å². The molecular formula is C26H30ClN9O2. The average Bonchev–Trinajstić information content (AvgIpc) is 3.54. The summed E-state index contributed by atoms with van der Waals surface area (Å²) in [5.41, 5.74) is 1.84. The van der Waals surface area contributed by atoms with Crippen molar-refractivity contribution in [3.05, 3.63) is 70.7 Å². The molecule has 1 aliphatic rings. The van der Waals surface area contributed by atoms with Gasteiger partial charge in [0.2, 0.25) is 0 Å². The standard InChI is InChI=1S/C26H30ClN9O2/c1-16-10-21(32-22-11-17(2)34-35-22)33-24(31-16)19-6-8-26(38-3,9-7-19)25(37)29-13-18-4-5-23(28-12-18)36-15-20(27)14-30-36/h4-5,10-12,14-15,19H,6-9,13H2,1-3H3,(H,29,37)(H2,31,32,33,34,35)/t19-,26+. The van der Waals surface area contributed by atoms with Crippen molar-refractivity contribution in [1.29, 1.82) is 0 Å². The Bertz CT molecular complexity index is 1410. The molecule has 0 radical (unpaired) electrons. The summed E-state index contributed by atoms with van der Waals surface area (Å²) in [6.07, 6.45) is 7.60. The first-order chi connectivity index (χ1) is 18.3. The monoisotopic (exact) mass is 535 g/mol. The Morgan fingerprint density at radius 3 is 2.63 bits per heavy atom. The first-order valence-corrected chi connectivity index (χ1v) is 12.8. The summed E-state index contributed by atoms with van der Waals surface area (Å²) in [6, 6.07) is 7.55. The fourth-order valence-electron chi connectivity index (χ4n) is 4.74. The van der Waals surface area contributed by atoms with Crippen molar-refractivity contribution < 1.29 is 9.53 Å². The highest BCUT2D eigenvalue weighted by atomic mass is 35.5. The van der Waals surface area contributed by atoms with Gasteiger partial charge in [-0.2, -0.15) is 10.2 Å². The quantitative estimate of drug-likeness (QED) is 0.306. The van der Waals surface area contributed by atoms with Gasteiger partial charge in [-0.25, -0.2) is 19.6 Å². The highest BCUT2D eigenvalue weighted by Gasteiger charge is 2.42. The van der Waals surface area contributed by atoms with E-state index in [2.05, 4.69) is 35.9 Å². The first-order valence-electron chi connectivity index (χ1n) is 12.5. The molecule has 0 aliphatic heterocycles. The molecule has 0 unspecified atom stereocenters. The first kappa shape index (κ1) is 25.8. The maximum atomic E-state index is 13.2. The van der Waals surface area contributed by atoms with Crippen LogP contribution >= 0.6 is 11.6 Å². The zero-order valence-electron chi connectivity index (χ0n) is 21.5. The number of carbonyl (C=O) groups excluding carboxylic acids is 1. The number of carbonyl (C=O) groups is 1. The molecule has 4 heterocycles. The number of pyridine rings is 1. The van der Waals surface area contributed by atoms with Gasteiger partial charge in [0, 0.05) is 49.3 Å². The van der Waals surface area contributed by atoms with Crippen LogP contribution in [0.5, 0.6) is 0 Å². The van der Waals surface area contributed by atoms with E-state index in [0.717, 1.165) is 35.6 Å². The molecule has 12 heteroatoms. The Kier molecular flexibility index (Phi) is 7.39. The summed E-state index contributed by atoms with van der Waals surface area (Å²) in [6.45, 7) is 4.25. The summed E-state index contributed by atoms with van der Waals surface area (Å²) >= 11 is 5.93. The SMILES string of the molecule is CO[C@]1(C(=O)NCc2ccc(-n3cc(Cl)cn3)nc2)CC[C@H](c2nc(C)cc(Nc3cc(C)[nH]n3)n2)CC1. The number of anilines is 2. The summed E-state index contributed by atoms with van der Waals surface area (Å²) in [7, 11) is 1.60. The molecule has 11 nitrogen and oxygen atoms in total. The van der Waals surface area contributed by atoms with Crippen LogP contribution in [0, 0.1) is 13.8 Å². The van der Waals surface area contributed by atoms with Crippen molar-refractivity contribution in [3.8, 4) is 5.82 Å². The van der Waals surface area contributed by atoms with Crippen molar-refractivity contribution in [2.45, 2.75) is 57.6 Å². The molecule has 1 saturated carbocycles. The Morgan fingerprint density at radius 1 is 1.18 bits per heavy atom. The van der Waals surface area contributed by atoms with E-state index in [1.165, 1.54) is 0 Å². The topological polar surface area (TPSA) is 136 Å². The van der Waals surface area contributed by atoms with Crippen LogP contribution in [0.25, 0.3) is 5.82 Å². The van der Waals surface area contributed by atoms with Gasteiger partial charge in [0.25, 0.3) is 5.91 Å². The minimum Gasteiger partial charge on any atom is -0.368 e. The molecule has 1 fully saturated rings. The van der Waals surface area contributed by atoms with Crippen LogP contribution in [0.3, 0.4) is 0 Å². The van der Waals surface area contributed by atoms with Crippen LogP contribution in [0.2, 0.25) is 5.02 Å². The lowest BCUT2D eigenvalue weighted by Gasteiger charge is -2.37. The number of methoxy groups -OCH3 is 1. The number of hydrogen-bond acceptors (Lipinski definition) is 8. The highest BCUT2D eigenvalue weighted by molar-refractivity contribution is 6.30. The zero-order valence-corrected chi connectivity index (χ0v) is 22.3. The maximum Gasteiger partial charge on any atom is 0.252 e. The van der Waals surface area contributed by atoms with Crippen molar-refractivity contribution in [2.75, 3.05) is 12.4 Å². The van der Waals surface area contributed by atoms with E-state index < -0.39 is 5.60 Å². The predicted molar refractivity (Wildman–Crippen MR) is 143 cm³/mol. The van der Waals surface area contributed by atoms with Gasteiger partial charge in [0.15, 0.2) is 11.6 Å². The Morgan fingerprint density at radius 2 is 2.00 bits per heavy atom. The van der Waals surface area contributed by atoms with Crippen LogP contribution in [0.1, 0.15) is 54.4 Å². The van der Waals surface area contributed by atoms with E-state index in [0.29, 0.717) is 41.9 Å². The normalized spacial score (nSPS) is 19.3. The van der Waals surface area contributed by atoms with Gasteiger partial charge in [0.1, 0.15) is 17.2 Å². The minimum atomic E-state index is -0.882. The molecule has 5 rings (SSSR count). The van der Waals surface area contributed by atoms with E-state index in [4.69, 9.17) is 21.3 Å². The van der Waals surface area contributed by atoms with Crippen LogP contribution in [0.4, 0.5) is 11.6 Å². The number of hydrogen-bond donors (Lipinski definition) is 3. The molecule has 4 aromatic heterocycles. The van der Waals surface area contributed by atoms with E-state index in [-0.39, 0.29) is 11.8 Å². The van der Waals surface area contributed by atoms with Crippen molar-refractivity contribution in [3.63, 3.8) is 0 Å². The number of amides is 1. The third-order valence-corrected chi connectivity index (χ3v) is 7.04. The summed E-state index contributed by atoms with van der Waals surface area (Å²) in [5.74, 6) is 2.85. The Labute approximate surface area is 225 Å². The van der Waals surface area contributed by atoms with Crippen molar-refractivity contribution in [1.82, 2.24) is 40.2 Å². The fourth-order valence-corrected chi connectivity index (χ4v) is 4.88. The lowest BCUT2D eigenvalue weighted by Crippen LogP contribution is -2.50. The van der Waals surface area contributed by atoms with E-state index in [9.17, 15) is 4.79 Å². The molecule has 0 saturated heterocycles. The van der Waals surface area contributed by atoms with Crippen molar-refractivity contribution in [2.24, 2.45) is 0 Å². The lowest BCUT2D eigenvalue weighted by atomic mass is 9.77. The molecule has 1 aliphatic carbocycles. The number of rotatable bonds is 8. The van der Waals surface area contributed by atoms with E-state index in [1.54, 1.807) is 30.4 Å². The van der Waals surface area contributed by atoms with E-state index in [1.807, 2.05) is 38.1 Å². The smallest absolute Gasteiger partial charge is 0.252 e. The second-order valence-corrected chi connectivity index (χ2v) is 10.0. The average molecular weight is 536 g/mol. The summed E-state index contributed by atoms with van der Waals surface area (Å²) in [5, 5.41) is 18.1. The molecule has 0 spiro atoms. The maximum absolute atomic E-state index is 13.2. The van der Waals surface area contributed by atoms with Gasteiger partial charge in [0.05, 0.1) is 17.4 Å². The van der Waals surface area contributed by atoms with Gasteiger partial charge in [-0.05, 0) is 51.2 Å². The molecule has 0 bridgehead atoms. The fraction of sp³-hybridized carbons (Fsp3) is 0.385. The number of nitrogens with one attached hydrogen (secondary N) is 3. The third kappa shape index (κ3) is 5.68. The van der Waals surface area contributed by atoms with Gasteiger partial charge >= 0.3 is 0 Å². The number of H-pyrrole nitrogens is 1. The molecule has 0 atom stereocenters. The second kappa shape index (κ2) is 10.9. The van der Waals surface area contributed by atoms with Crippen LogP contribution in [-0.2, 0) is 16.1 Å². The molecule has 1 amide bonds. The molecule has 3 N–H and O–H groups in total. The largest absolute Gasteiger partial charge is 0.368 e. The molecule has 0 aromatic carbocycles. The number of ether oxygens (including phenoxy) is 1. The Balaban J connectivity index is 1.19. The number of aromatic amines is 1. The number of nitrogens with zero attached hydrogens (tertiary/aromatic N) is 6. The number of halogens is 1. The predicted octanol–water partition coefficient (Wildman–Crippen LogP) is 4.15. The molecule has 4 aromatic rings. The molecule has 198 valence electrons. The van der Waals surface area contributed by atoms with Crippen LogP contribution < -0.4 is 10.6 Å². The highest BCUT2D eigenvalue weighted by Crippen LogP contribution is 2.39. The summed E-state index contributed by atoms with van der Waals surface area (Å²) in [4.78, 5) is 27.1. The van der Waals surface area contributed by atoms with E-state index >= 15 is 0 Å². The third-order valence-electron chi connectivity index (χ3n) is 6.84. The second-order valence-electron chi connectivity index (χ2n) is 9.60. The zero-order chi connectivity index (χ0) is 26.7. The van der Waals surface area contributed by atoms with Crippen LogP contribution in [0.15, 0.2) is 42.9 Å².